The number of methoxy groups -OCH3 is 1. The molecule has 1 saturated heterocycles. The first-order valence-electron chi connectivity index (χ1n) is 9.52. The summed E-state index contributed by atoms with van der Waals surface area (Å²) in [6.45, 7) is 2.80. The molecule has 7 nitrogen and oxygen atoms in total. The van der Waals surface area contributed by atoms with Gasteiger partial charge in [0.1, 0.15) is 5.25 Å². The fourth-order valence-corrected chi connectivity index (χ4v) is 5.65. The molecular formula is C21H24N2O5S2. The smallest absolute Gasteiger partial charge is 0.318 e. The number of carbonyl (C=O) groups excluding carboxylic acids is 2. The van der Waals surface area contributed by atoms with Crippen molar-refractivity contribution in [3.05, 3.63) is 60.2 Å². The highest BCUT2D eigenvalue weighted by Crippen LogP contribution is 2.29. The minimum atomic E-state index is -3.57. The number of esters is 1. The van der Waals surface area contributed by atoms with Crippen LogP contribution in [0.1, 0.15) is 17.3 Å². The lowest BCUT2D eigenvalue weighted by Gasteiger charge is -2.34. The molecule has 0 aliphatic carbocycles. The number of benzene rings is 2. The summed E-state index contributed by atoms with van der Waals surface area (Å²) in [5, 5.41) is -0.447. The van der Waals surface area contributed by atoms with Crippen LogP contribution < -0.4 is 0 Å². The van der Waals surface area contributed by atoms with E-state index in [-0.39, 0.29) is 29.9 Å². The second-order valence-electron chi connectivity index (χ2n) is 6.79. The lowest BCUT2D eigenvalue weighted by molar-refractivity contribution is -0.139. The van der Waals surface area contributed by atoms with Crippen molar-refractivity contribution in [1.29, 1.82) is 0 Å². The summed E-state index contributed by atoms with van der Waals surface area (Å²) in [5.41, 5.74) is 0.498. The van der Waals surface area contributed by atoms with E-state index in [1.54, 1.807) is 60.4 Å². The van der Waals surface area contributed by atoms with Crippen LogP contribution in [0.5, 0.6) is 0 Å². The number of hydrogen-bond donors (Lipinski definition) is 0. The zero-order valence-corrected chi connectivity index (χ0v) is 18.5. The fraction of sp³-hybridized carbons (Fsp3) is 0.333. The predicted octanol–water partition coefficient (Wildman–Crippen LogP) is 2.49. The number of sulfonamides is 1. The first kappa shape index (κ1) is 22.3. The SMILES string of the molecule is COC(=O)C(C)Sc1ccccc1C(=O)N1CCN(S(=O)(=O)c2ccccc2)CC1. The summed E-state index contributed by atoms with van der Waals surface area (Å²) in [5.74, 6) is -0.533. The van der Waals surface area contributed by atoms with Gasteiger partial charge in [-0.05, 0) is 31.2 Å². The number of thioether (sulfide) groups is 1. The molecule has 1 fully saturated rings. The Kier molecular flexibility index (Phi) is 7.17. The van der Waals surface area contributed by atoms with Gasteiger partial charge in [0.25, 0.3) is 5.91 Å². The van der Waals surface area contributed by atoms with Crippen LogP contribution in [0, 0.1) is 0 Å². The number of piperazine rings is 1. The molecule has 3 rings (SSSR count). The lowest BCUT2D eigenvalue weighted by atomic mass is 10.2. The molecule has 2 aromatic carbocycles. The van der Waals surface area contributed by atoms with E-state index >= 15 is 0 Å². The number of hydrogen-bond acceptors (Lipinski definition) is 6. The highest BCUT2D eigenvalue weighted by molar-refractivity contribution is 8.00. The predicted molar refractivity (Wildman–Crippen MR) is 115 cm³/mol. The van der Waals surface area contributed by atoms with Crippen LogP contribution in [0.4, 0.5) is 0 Å². The first-order chi connectivity index (χ1) is 14.3. The molecule has 1 heterocycles. The van der Waals surface area contributed by atoms with E-state index < -0.39 is 15.3 Å². The number of rotatable bonds is 6. The molecule has 1 atom stereocenters. The maximum Gasteiger partial charge on any atom is 0.318 e. The van der Waals surface area contributed by atoms with E-state index in [4.69, 9.17) is 4.74 Å². The molecule has 0 spiro atoms. The molecule has 1 aliphatic heterocycles. The Morgan fingerprint density at radius 2 is 1.57 bits per heavy atom. The summed E-state index contributed by atoms with van der Waals surface area (Å²) < 4.78 is 31.7. The van der Waals surface area contributed by atoms with Gasteiger partial charge in [0.05, 0.1) is 17.6 Å². The Hall–Kier alpha value is -2.36. The number of amides is 1. The Bertz CT molecular complexity index is 1000. The monoisotopic (exact) mass is 448 g/mol. The third kappa shape index (κ3) is 4.85. The maximum absolute atomic E-state index is 13.1. The van der Waals surface area contributed by atoms with Crippen LogP contribution in [0.25, 0.3) is 0 Å². The number of nitrogens with zero attached hydrogens (tertiary/aromatic N) is 2. The van der Waals surface area contributed by atoms with Gasteiger partial charge >= 0.3 is 5.97 Å². The van der Waals surface area contributed by atoms with Crippen molar-refractivity contribution in [2.45, 2.75) is 22.0 Å². The standard InChI is InChI=1S/C21H24N2O5S2/c1-16(21(25)28-2)29-19-11-7-6-10-18(19)20(24)22-12-14-23(15-13-22)30(26,27)17-8-4-3-5-9-17/h3-11,16H,12-15H2,1-2H3. The third-order valence-electron chi connectivity index (χ3n) is 4.86. The summed E-state index contributed by atoms with van der Waals surface area (Å²) in [6, 6.07) is 15.4. The van der Waals surface area contributed by atoms with Gasteiger partial charge in [0, 0.05) is 31.1 Å². The average molecular weight is 449 g/mol. The Balaban J connectivity index is 1.70. The molecule has 0 aromatic heterocycles. The first-order valence-corrected chi connectivity index (χ1v) is 11.8. The molecule has 160 valence electrons. The van der Waals surface area contributed by atoms with Crippen molar-refractivity contribution >= 4 is 33.7 Å². The lowest BCUT2D eigenvalue weighted by Crippen LogP contribution is -2.50. The molecule has 0 N–H and O–H groups in total. The molecule has 2 aromatic rings. The summed E-state index contributed by atoms with van der Waals surface area (Å²) in [4.78, 5) is 27.4. The van der Waals surface area contributed by atoms with E-state index in [9.17, 15) is 18.0 Å². The largest absolute Gasteiger partial charge is 0.468 e. The van der Waals surface area contributed by atoms with Crippen LogP contribution >= 0.6 is 11.8 Å². The third-order valence-corrected chi connectivity index (χ3v) is 7.93. The minimum absolute atomic E-state index is 0.174. The van der Waals surface area contributed by atoms with Gasteiger partial charge in [-0.2, -0.15) is 4.31 Å². The van der Waals surface area contributed by atoms with Crippen molar-refractivity contribution in [2.24, 2.45) is 0 Å². The van der Waals surface area contributed by atoms with Crippen LogP contribution in [0.15, 0.2) is 64.4 Å². The molecule has 1 amide bonds. The van der Waals surface area contributed by atoms with Crippen molar-refractivity contribution in [3.63, 3.8) is 0 Å². The highest BCUT2D eigenvalue weighted by Gasteiger charge is 2.31. The highest BCUT2D eigenvalue weighted by atomic mass is 32.2. The second kappa shape index (κ2) is 9.63. The zero-order valence-electron chi connectivity index (χ0n) is 16.9. The van der Waals surface area contributed by atoms with Crippen molar-refractivity contribution in [2.75, 3.05) is 33.3 Å². The van der Waals surface area contributed by atoms with Crippen molar-refractivity contribution in [3.8, 4) is 0 Å². The summed E-state index contributed by atoms with van der Waals surface area (Å²) in [6.07, 6.45) is 0. The van der Waals surface area contributed by atoms with Crippen LogP contribution in [-0.2, 0) is 19.6 Å². The molecule has 30 heavy (non-hydrogen) atoms. The van der Waals surface area contributed by atoms with Crippen LogP contribution in [0.2, 0.25) is 0 Å². The topological polar surface area (TPSA) is 84.0 Å². The quantitative estimate of drug-likeness (QED) is 0.499. The van der Waals surface area contributed by atoms with E-state index in [1.165, 1.54) is 23.2 Å². The molecule has 9 heteroatoms. The summed E-state index contributed by atoms with van der Waals surface area (Å²) >= 11 is 1.27. The molecular weight excluding hydrogens is 424 g/mol. The normalized spacial score (nSPS) is 16.1. The van der Waals surface area contributed by atoms with Crippen LogP contribution in [-0.4, -0.2) is 68.0 Å². The molecule has 1 unspecified atom stereocenters. The van der Waals surface area contributed by atoms with Gasteiger partial charge in [0.2, 0.25) is 10.0 Å². The summed E-state index contributed by atoms with van der Waals surface area (Å²) in [7, 11) is -2.24. The van der Waals surface area contributed by atoms with E-state index in [2.05, 4.69) is 0 Å². The zero-order chi connectivity index (χ0) is 21.7. The number of carbonyl (C=O) groups is 2. The van der Waals surface area contributed by atoms with E-state index in [0.717, 1.165) is 0 Å². The second-order valence-corrected chi connectivity index (χ2v) is 10.1. The Labute approximate surface area is 181 Å². The van der Waals surface area contributed by atoms with Gasteiger partial charge < -0.3 is 9.64 Å². The van der Waals surface area contributed by atoms with Gasteiger partial charge in [-0.3, -0.25) is 9.59 Å². The van der Waals surface area contributed by atoms with Crippen LogP contribution in [0.3, 0.4) is 0 Å². The Morgan fingerprint density at radius 1 is 0.967 bits per heavy atom. The van der Waals surface area contributed by atoms with E-state index in [1.807, 2.05) is 6.07 Å². The Morgan fingerprint density at radius 3 is 2.20 bits per heavy atom. The fourth-order valence-electron chi connectivity index (χ4n) is 3.19. The van der Waals surface area contributed by atoms with Gasteiger partial charge in [-0.15, -0.1) is 11.8 Å². The van der Waals surface area contributed by atoms with Gasteiger partial charge in [0.15, 0.2) is 0 Å². The molecule has 0 saturated carbocycles. The average Bonchev–Trinajstić information content (AvgIpc) is 2.79. The maximum atomic E-state index is 13.1. The van der Waals surface area contributed by atoms with Crippen molar-refractivity contribution < 1.29 is 22.7 Å². The van der Waals surface area contributed by atoms with Gasteiger partial charge in [-0.25, -0.2) is 8.42 Å². The van der Waals surface area contributed by atoms with Crippen molar-refractivity contribution in [1.82, 2.24) is 9.21 Å². The number of ether oxygens (including phenoxy) is 1. The molecule has 0 radical (unpaired) electrons. The van der Waals surface area contributed by atoms with E-state index in [0.29, 0.717) is 23.5 Å². The minimum Gasteiger partial charge on any atom is -0.468 e. The molecule has 0 bridgehead atoms. The molecule has 1 aliphatic rings. The van der Waals surface area contributed by atoms with Gasteiger partial charge in [-0.1, -0.05) is 30.3 Å².